The number of hydrogen-bond donors (Lipinski definition) is 2. The molecule has 0 fully saturated rings. The molecule has 72 valence electrons. The van der Waals surface area contributed by atoms with Gasteiger partial charge in [0.1, 0.15) is 6.26 Å². The van der Waals surface area contributed by atoms with Gasteiger partial charge in [-0.05, 0) is 13.8 Å². The fourth-order valence-corrected chi connectivity index (χ4v) is 0.724. The van der Waals surface area contributed by atoms with Gasteiger partial charge in [-0.15, -0.1) is 0 Å². The predicted octanol–water partition coefficient (Wildman–Crippen LogP) is 0.0281. The Morgan fingerprint density at radius 3 is 2.92 bits per heavy atom. The van der Waals surface area contributed by atoms with E-state index >= 15 is 0 Å². The van der Waals surface area contributed by atoms with Crippen LogP contribution in [0, 0.1) is 0 Å². The molecule has 1 rings (SSSR count). The Bertz CT molecular complexity index is 280. The summed E-state index contributed by atoms with van der Waals surface area (Å²) in [6.45, 7) is 3.96. The van der Waals surface area contributed by atoms with Crippen LogP contribution < -0.4 is 11.1 Å². The zero-order chi connectivity index (χ0) is 9.90. The zero-order valence-corrected chi connectivity index (χ0v) is 7.70. The van der Waals surface area contributed by atoms with Crippen molar-refractivity contribution >= 4 is 5.91 Å². The molecule has 0 aromatic carbocycles. The van der Waals surface area contributed by atoms with Gasteiger partial charge < -0.3 is 10.3 Å². The molecule has 0 saturated heterocycles. The summed E-state index contributed by atoms with van der Waals surface area (Å²) in [6, 6.07) is 0. The molecular formula is C8H13N3O2. The third-order valence-electron chi connectivity index (χ3n) is 1.83. The second-order valence-electron chi connectivity index (χ2n) is 3.38. The highest BCUT2D eigenvalue weighted by molar-refractivity contribution is 5.83. The van der Waals surface area contributed by atoms with E-state index in [1.807, 2.05) is 0 Å². The fraction of sp³-hybridized carbons (Fsp3) is 0.500. The molecule has 1 heterocycles. The van der Waals surface area contributed by atoms with Gasteiger partial charge in [0.05, 0.1) is 11.7 Å². The molecule has 1 aromatic rings. The minimum Gasteiger partial charge on any atom is -0.368 e. The van der Waals surface area contributed by atoms with Crippen LogP contribution in [0.25, 0.3) is 0 Å². The standard InChI is InChI=1S/C8H13N3O2/c1-8(2,7(9)12)10-3-6-4-11-13-5-6/h4-5,10H,3H2,1-2H3,(H2,9,12). The highest BCUT2D eigenvalue weighted by atomic mass is 16.5. The highest BCUT2D eigenvalue weighted by Gasteiger charge is 2.23. The van der Waals surface area contributed by atoms with Crippen LogP contribution in [-0.2, 0) is 11.3 Å². The molecule has 3 N–H and O–H groups in total. The summed E-state index contributed by atoms with van der Waals surface area (Å²) in [7, 11) is 0. The number of nitrogens with one attached hydrogen (secondary N) is 1. The molecule has 1 aromatic heterocycles. The summed E-state index contributed by atoms with van der Waals surface area (Å²) in [5.41, 5.74) is 5.34. The number of carbonyl (C=O) groups is 1. The molecule has 0 aliphatic heterocycles. The van der Waals surface area contributed by atoms with E-state index in [1.54, 1.807) is 20.0 Å². The van der Waals surface area contributed by atoms with Gasteiger partial charge in [0, 0.05) is 12.1 Å². The first kappa shape index (κ1) is 9.73. The SMILES string of the molecule is CC(C)(NCc1cnoc1)C(N)=O. The van der Waals surface area contributed by atoms with Crippen molar-refractivity contribution in [1.29, 1.82) is 0 Å². The zero-order valence-electron chi connectivity index (χ0n) is 7.70. The highest BCUT2D eigenvalue weighted by Crippen LogP contribution is 2.03. The summed E-state index contributed by atoms with van der Waals surface area (Å²) < 4.78 is 4.63. The van der Waals surface area contributed by atoms with E-state index in [0.29, 0.717) is 6.54 Å². The maximum atomic E-state index is 10.9. The fourth-order valence-electron chi connectivity index (χ4n) is 0.724. The van der Waals surface area contributed by atoms with Gasteiger partial charge in [0.2, 0.25) is 5.91 Å². The number of carbonyl (C=O) groups excluding carboxylic acids is 1. The molecule has 0 aliphatic carbocycles. The predicted molar refractivity (Wildman–Crippen MR) is 46.6 cm³/mol. The van der Waals surface area contributed by atoms with Crippen molar-refractivity contribution in [3.05, 3.63) is 18.0 Å². The Labute approximate surface area is 76.3 Å². The molecule has 0 spiro atoms. The molecular weight excluding hydrogens is 170 g/mol. The molecule has 0 aliphatic rings. The average molecular weight is 183 g/mol. The van der Waals surface area contributed by atoms with Crippen molar-refractivity contribution in [3.8, 4) is 0 Å². The number of rotatable bonds is 4. The Hall–Kier alpha value is -1.36. The van der Waals surface area contributed by atoms with E-state index in [1.165, 1.54) is 6.26 Å². The van der Waals surface area contributed by atoms with Crippen LogP contribution in [0.15, 0.2) is 17.0 Å². The van der Waals surface area contributed by atoms with E-state index < -0.39 is 5.54 Å². The summed E-state index contributed by atoms with van der Waals surface area (Å²) >= 11 is 0. The lowest BCUT2D eigenvalue weighted by Crippen LogP contribution is -2.50. The lowest BCUT2D eigenvalue weighted by Gasteiger charge is -2.21. The van der Waals surface area contributed by atoms with Crippen LogP contribution in [0.4, 0.5) is 0 Å². The summed E-state index contributed by atoms with van der Waals surface area (Å²) in [5, 5.41) is 6.52. The van der Waals surface area contributed by atoms with Gasteiger partial charge in [-0.25, -0.2) is 0 Å². The van der Waals surface area contributed by atoms with Crippen molar-refractivity contribution in [2.24, 2.45) is 5.73 Å². The van der Waals surface area contributed by atoms with E-state index in [4.69, 9.17) is 5.73 Å². The Balaban J connectivity index is 2.47. The molecule has 0 radical (unpaired) electrons. The van der Waals surface area contributed by atoms with Crippen molar-refractivity contribution in [1.82, 2.24) is 10.5 Å². The van der Waals surface area contributed by atoms with Crippen LogP contribution >= 0.6 is 0 Å². The van der Waals surface area contributed by atoms with Gasteiger partial charge in [0.15, 0.2) is 0 Å². The van der Waals surface area contributed by atoms with Crippen LogP contribution in [0.5, 0.6) is 0 Å². The summed E-state index contributed by atoms with van der Waals surface area (Å²) in [5.74, 6) is -0.385. The largest absolute Gasteiger partial charge is 0.368 e. The van der Waals surface area contributed by atoms with Crippen molar-refractivity contribution < 1.29 is 9.32 Å². The topological polar surface area (TPSA) is 81.2 Å². The van der Waals surface area contributed by atoms with Crippen LogP contribution in [0.1, 0.15) is 19.4 Å². The minimum atomic E-state index is -0.711. The van der Waals surface area contributed by atoms with E-state index in [9.17, 15) is 4.79 Å². The quantitative estimate of drug-likeness (QED) is 0.690. The van der Waals surface area contributed by atoms with Crippen molar-refractivity contribution in [3.63, 3.8) is 0 Å². The van der Waals surface area contributed by atoms with Gasteiger partial charge in [-0.1, -0.05) is 5.16 Å². The normalized spacial score (nSPS) is 11.5. The third-order valence-corrected chi connectivity index (χ3v) is 1.83. The number of hydrogen-bond acceptors (Lipinski definition) is 4. The molecule has 0 unspecified atom stereocenters. The summed E-state index contributed by atoms with van der Waals surface area (Å²) in [4.78, 5) is 10.9. The molecule has 5 heteroatoms. The Morgan fingerprint density at radius 2 is 2.46 bits per heavy atom. The molecule has 0 bridgehead atoms. The molecule has 0 saturated carbocycles. The Morgan fingerprint density at radius 1 is 1.77 bits per heavy atom. The molecule has 1 amide bonds. The second-order valence-corrected chi connectivity index (χ2v) is 3.38. The first-order valence-corrected chi connectivity index (χ1v) is 3.95. The summed E-state index contributed by atoms with van der Waals surface area (Å²) in [6.07, 6.45) is 3.11. The van der Waals surface area contributed by atoms with Gasteiger partial charge in [0.25, 0.3) is 0 Å². The lowest BCUT2D eigenvalue weighted by atomic mass is 10.1. The minimum absolute atomic E-state index is 0.385. The van der Waals surface area contributed by atoms with Crippen molar-refractivity contribution in [2.75, 3.05) is 0 Å². The number of aromatic nitrogens is 1. The van der Waals surface area contributed by atoms with Gasteiger partial charge >= 0.3 is 0 Å². The maximum absolute atomic E-state index is 10.9. The van der Waals surface area contributed by atoms with Gasteiger partial charge in [-0.3, -0.25) is 10.1 Å². The maximum Gasteiger partial charge on any atom is 0.237 e. The lowest BCUT2D eigenvalue weighted by molar-refractivity contribution is -0.123. The smallest absolute Gasteiger partial charge is 0.237 e. The van der Waals surface area contributed by atoms with E-state index in [0.717, 1.165) is 5.56 Å². The average Bonchev–Trinajstić information content (AvgIpc) is 2.52. The van der Waals surface area contributed by atoms with Gasteiger partial charge in [-0.2, -0.15) is 0 Å². The first-order chi connectivity index (χ1) is 6.02. The monoisotopic (exact) mass is 183 g/mol. The number of nitrogens with two attached hydrogens (primary N) is 1. The number of primary amides is 1. The van der Waals surface area contributed by atoms with Crippen LogP contribution in [0.3, 0.4) is 0 Å². The molecule has 13 heavy (non-hydrogen) atoms. The molecule has 5 nitrogen and oxygen atoms in total. The van der Waals surface area contributed by atoms with Crippen LogP contribution in [0.2, 0.25) is 0 Å². The van der Waals surface area contributed by atoms with Crippen LogP contribution in [-0.4, -0.2) is 16.6 Å². The molecule has 0 atom stereocenters. The number of nitrogens with zero attached hydrogens (tertiary/aromatic N) is 1. The van der Waals surface area contributed by atoms with E-state index in [-0.39, 0.29) is 5.91 Å². The third kappa shape index (κ3) is 2.55. The van der Waals surface area contributed by atoms with Crippen molar-refractivity contribution in [2.45, 2.75) is 25.9 Å². The first-order valence-electron chi connectivity index (χ1n) is 3.95. The number of amides is 1. The van der Waals surface area contributed by atoms with E-state index in [2.05, 4.69) is 15.0 Å². The Kier molecular flexibility index (Phi) is 2.67. The second kappa shape index (κ2) is 3.57.